The molecule has 13 heteroatoms. The summed E-state index contributed by atoms with van der Waals surface area (Å²) < 4.78 is 5.87. The molecule has 266 valence electrons. The third-order valence-corrected chi connectivity index (χ3v) is 8.92. The summed E-state index contributed by atoms with van der Waals surface area (Å²) in [6.45, 7) is 1.70. The second-order valence-electron chi connectivity index (χ2n) is 12.6. The third-order valence-electron chi connectivity index (χ3n) is 8.92. The van der Waals surface area contributed by atoms with Gasteiger partial charge >= 0.3 is 12.0 Å². The van der Waals surface area contributed by atoms with Crippen LogP contribution in [0.3, 0.4) is 0 Å². The lowest BCUT2D eigenvalue weighted by atomic mass is 9.90. The van der Waals surface area contributed by atoms with Crippen LogP contribution >= 0.6 is 0 Å². The number of aromatic nitrogens is 1. The van der Waals surface area contributed by atoms with Crippen molar-refractivity contribution >= 4 is 51.3 Å². The minimum atomic E-state index is -1.24. The highest BCUT2D eigenvalue weighted by molar-refractivity contribution is 6.08. The van der Waals surface area contributed by atoms with Crippen molar-refractivity contribution in [3.8, 4) is 28.2 Å². The number of carboxylic acids is 1. The van der Waals surface area contributed by atoms with Gasteiger partial charge in [-0.2, -0.15) is 0 Å². The number of carboxylic acid groups (broad SMARTS) is 1. The molecule has 8 N–H and O–H groups in total. The molecule has 1 aliphatic carbocycles. The van der Waals surface area contributed by atoms with E-state index in [1.165, 1.54) is 37.3 Å². The molecule has 0 radical (unpaired) electrons. The van der Waals surface area contributed by atoms with Crippen LogP contribution in [0.1, 0.15) is 42.1 Å². The zero-order valence-electron chi connectivity index (χ0n) is 28.2. The zero-order valence-corrected chi connectivity index (χ0v) is 28.2. The summed E-state index contributed by atoms with van der Waals surface area (Å²) in [4.78, 5) is 65.6. The molecule has 4 aromatic rings. The summed E-state index contributed by atoms with van der Waals surface area (Å²) in [5.74, 6) is -1.69. The molecule has 6 rings (SSSR count). The van der Waals surface area contributed by atoms with Gasteiger partial charge in [0, 0.05) is 64.4 Å². The molecule has 0 fully saturated rings. The largest absolute Gasteiger partial charge is 0.508 e. The van der Waals surface area contributed by atoms with Crippen LogP contribution in [-0.2, 0) is 16.0 Å². The van der Waals surface area contributed by atoms with Gasteiger partial charge in [0.2, 0.25) is 5.91 Å². The molecule has 0 bridgehead atoms. The molecule has 0 saturated carbocycles. The highest BCUT2D eigenvalue weighted by Crippen LogP contribution is 2.42. The molecule has 0 saturated heterocycles. The van der Waals surface area contributed by atoms with Crippen molar-refractivity contribution in [1.82, 2.24) is 15.6 Å². The van der Waals surface area contributed by atoms with Crippen LogP contribution < -0.4 is 27.1 Å². The molecule has 1 aliphatic heterocycles. The molecule has 0 unspecified atom stereocenters. The zero-order chi connectivity index (χ0) is 36.9. The van der Waals surface area contributed by atoms with Crippen LogP contribution in [0.15, 0.2) is 94.3 Å². The molecule has 0 spiro atoms. The number of phenolic OH excluding ortho intramolecular Hbond substituents is 1. The number of H-pyrrole nitrogens is 1. The minimum absolute atomic E-state index is 0.0619. The highest BCUT2D eigenvalue weighted by atomic mass is 16.4. The van der Waals surface area contributed by atoms with E-state index in [0.717, 1.165) is 16.5 Å². The van der Waals surface area contributed by atoms with Gasteiger partial charge in [0.25, 0.3) is 0 Å². The number of rotatable bonds is 13. The molecule has 3 aromatic carbocycles. The van der Waals surface area contributed by atoms with Crippen molar-refractivity contribution in [2.24, 2.45) is 5.73 Å². The molecule has 2 heterocycles. The van der Waals surface area contributed by atoms with E-state index in [1.54, 1.807) is 24.3 Å². The number of anilines is 1. The van der Waals surface area contributed by atoms with Crippen LogP contribution in [0.25, 0.3) is 44.3 Å². The standard InChI is InChI=1S/C39H37N5O8/c1-21(45)33(16-22-20-42-32-8-3-2-6-26(22)32)44-37(48)31(40)7-4-5-15-41-39(51)43-23-9-12-27(30(17-23)38(49)50)36-28-13-10-24(46)18-34(28)52-35-19-25(47)11-14-29(35)36/h2-3,6,8-14,17-20,31,33,42,46H,4-5,7,15-16,40H2,1H3,(H,44,48)(H,49,50)(H2,41,43,51)/t31-,33+/m1/s1. The SMILES string of the molecule is CC(=O)[C@H](Cc1c[nH]c2ccccc12)NC(=O)[C@H](N)CCCCNC(=O)Nc1ccc(-c2c3ccc(=O)cc-3oc3cc(O)ccc23)c(C(=O)O)c1. The number of nitrogens with two attached hydrogens (primary N) is 1. The van der Waals surface area contributed by atoms with Crippen molar-refractivity contribution in [2.75, 3.05) is 11.9 Å². The van der Waals surface area contributed by atoms with Crippen LogP contribution in [0.5, 0.6) is 5.75 Å². The summed E-state index contributed by atoms with van der Waals surface area (Å²) in [7, 11) is 0. The minimum Gasteiger partial charge on any atom is -0.508 e. The lowest BCUT2D eigenvalue weighted by Crippen LogP contribution is -2.48. The van der Waals surface area contributed by atoms with Crippen molar-refractivity contribution in [3.63, 3.8) is 0 Å². The number of carbonyl (C=O) groups excluding carboxylic acids is 3. The van der Waals surface area contributed by atoms with E-state index in [0.29, 0.717) is 47.8 Å². The maximum atomic E-state index is 12.8. The molecular weight excluding hydrogens is 666 g/mol. The number of aromatic amines is 1. The number of aromatic carboxylic acids is 1. The Kier molecular flexibility index (Phi) is 10.3. The van der Waals surface area contributed by atoms with Crippen molar-refractivity contribution < 1.29 is 33.8 Å². The summed E-state index contributed by atoms with van der Waals surface area (Å²) in [6.07, 6.45) is 3.54. The Morgan fingerprint density at radius 3 is 2.50 bits per heavy atom. The number of ketones is 1. The lowest BCUT2D eigenvalue weighted by molar-refractivity contribution is -0.127. The Morgan fingerprint density at radius 2 is 1.71 bits per heavy atom. The molecule has 1 aromatic heterocycles. The number of nitrogens with one attached hydrogen (secondary N) is 4. The van der Waals surface area contributed by atoms with Gasteiger partial charge in [-0.15, -0.1) is 0 Å². The maximum absolute atomic E-state index is 12.8. The number of unbranched alkanes of at least 4 members (excludes halogenated alkanes) is 1. The first-order valence-electron chi connectivity index (χ1n) is 16.7. The van der Waals surface area contributed by atoms with Crippen LogP contribution in [0, 0.1) is 0 Å². The third kappa shape index (κ3) is 7.79. The van der Waals surface area contributed by atoms with Gasteiger partial charge < -0.3 is 41.3 Å². The molecule has 13 nitrogen and oxygen atoms in total. The first-order valence-corrected chi connectivity index (χ1v) is 16.7. The van der Waals surface area contributed by atoms with E-state index >= 15 is 0 Å². The van der Waals surface area contributed by atoms with Crippen molar-refractivity contribution in [3.05, 3.63) is 106 Å². The number of benzene rings is 4. The van der Waals surface area contributed by atoms with Crippen molar-refractivity contribution in [1.29, 1.82) is 0 Å². The van der Waals surface area contributed by atoms with E-state index in [1.807, 2.05) is 30.5 Å². The fraction of sp³-hybridized carbons (Fsp3) is 0.205. The normalized spacial score (nSPS) is 12.4. The fourth-order valence-corrected chi connectivity index (χ4v) is 6.26. The van der Waals surface area contributed by atoms with E-state index in [9.17, 15) is 34.2 Å². The summed E-state index contributed by atoms with van der Waals surface area (Å²) in [6, 6.07) is 18.7. The molecule has 3 amide bonds. The number of hydrogen-bond donors (Lipinski definition) is 7. The Labute approximate surface area is 297 Å². The number of urea groups is 1. The van der Waals surface area contributed by atoms with E-state index in [2.05, 4.69) is 20.9 Å². The molecule has 2 aliphatic rings. The topological polar surface area (TPSA) is 217 Å². The first kappa shape index (κ1) is 35.4. The number of hydrogen-bond acceptors (Lipinski definition) is 8. The predicted octanol–water partition coefficient (Wildman–Crippen LogP) is 5.39. The number of Topliss-reactive ketones (excluding diaryl/α,β-unsaturated/α-hetero) is 1. The monoisotopic (exact) mass is 703 g/mol. The van der Waals surface area contributed by atoms with Crippen LogP contribution in [0.2, 0.25) is 0 Å². The van der Waals surface area contributed by atoms with Gasteiger partial charge in [-0.1, -0.05) is 24.3 Å². The fourth-order valence-electron chi connectivity index (χ4n) is 6.26. The average Bonchev–Trinajstić information content (AvgIpc) is 3.52. The van der Waals surface area contributed by atoms with Gasteiger partial charge in [-0.3, -0.25) is 14.4 Å². The Bertz CT molecular complexity index is 2350. The average molecular weight is 704 g/mol. The van der Waals surface area contributed by atoms with Gasteiger partial charge in [-0.05, 0) is 79.8 Å². The Balaban J connectivity index is 1.04. The van der Waals surface area contributed by atoms with Gasteiger partial charge in [-0.25, -0.2) is 9.59 Å². The van der Waals surface area contributed by atoms with Gasteiger partial charge in [0.1, 0.15) is 17.1 Å². The maximum Gasteiger partial charge on any atom is 0.336 e. The van der Waals surface area contributed by atoms with Gasteiger partial charge in [0.05, 0.1) is 17.6 Å². The van der Waals surface area contributed by atoms with E-state index < -0.39 is 30.0 Å². The number of para-hydroxylation sites is 1. The summed E-state index contributed by atoms with van der Waals surface area (Å²) >= 11 is 0. The highest BCUT2D eigenvalue weighted by Gasteiger charge is 2.24. The number of phenols is 1. The molecule has 52 heavy (non-hydrogen) atoms. The number of fused-ring (bicyclic) bond motifs is 3. The molecule has 2 atom stereocenters. The van der Waals surface area contributed by atoms with Crippen molar-refractivity contribution in [2.45, 2.75) is 44.7 Å². The van der Waals surface area contributed by atoms with Crippen LogP contribution in [-0.4, -0.2) is 57.5 Å². The quantitative estimate of drug-likeness (QED) is 0.0606. The Hall–Kier alpha value is -6.47. The Morgan fingerprint density at radius 1 is 0.923 bits per heavy atom. The smallest absolute Gasteiger partial charge is 0.336 e. The van der Waals surface area contributed by atoms with Crippen LogP contribution in [0.4, 0.5) is 10.5 Å². The number of carbonyl (C=O) groups is 4. The van der Waals surface area contributed by atoms with E-state index in [-0.39, 0.29) is 46.1 Å². The lowest BCUT2D eigenvalue weighted by Gasteiger charge is -2.19. The molecular formula is C39H37N5O8. The first-order chi connectivity index (χ1) is 25.0. The second-order valence-corrected chi connectivity index (χ2v) is 12.6. The summed E-state index contributed by atoms with van der Waals surface area (Å²) in [5.41, 5.74) is 9.40. The number of amides is 3. The second kappa shape index (κ2) is 15.2. The van der Waals surface area contributed by atoms with Gasteiger partial charge in [0.15, 0.2) is 11.2 Å². The summed E-state index contributed by atoms with van der Waals surface area (Å²) in [5, 5.41) is 29.9. The predicted molar refractivity (Wildman–Crippen MR) is 197 cm³/mol. The number of aromatic hydroxyl groups is 1. The van der Waals surface area contributed by atoms with E-state index in [4.69, 9.17) is 10.2 Å².